The molecule has 0 aliphatic rings. The van der Waals surface area contributed by atoms with Gasteiger partial charge in [-0.25, -0.2) is 0 Å². The van der Waals surface area contributed by atoms with Crippen LogP contribution in [-0.4, -0.2) is 17.9 Å². The Morgan fingerprint density at radius 1 is 0.897 bits per heavy atom. The van der Waals surface area contributed by atoms with Gasteiger partial charge in [0.15, 0.2) is 5.76 Å². The van der Waals surface area contributed by atoms with Crippen LogP contribution in [0, 0.1) is 0 Å². The smallest absolute Gasteiger partial charge is 0.287 e. The number of aryl methyl sites for hydroxylation is 1. The summed E-state index contributed by atoms with van der Waals surface area (Å²) in [4.78, 5) is 25.5. The van der Waals surface area contributed by atoms with E-state index in [0.717, 1.165) is 17.5 Å². The first-order valence-corrected chi connectivity index (χ1v) is 9.84. The summed E-state index contributed by atoms with van der Waals surface area (Å²) in [5.74, 6) is -0.467. The molecule has 2 N–H and O–H groups in total. The van der Waals surface area contributed by atoms with Crippen LogP contribution in [0.15, 0.2) is 77.4 Å². The number of hydrogen-bond donors (Lipinski definition) is 2. The van der Waals surface area contributed by atoms with Gasteiger partial charge in [-0.05, 0) is 42.2 Å². The normalized spacial score (nSPS) is 12.8. The molecule has 3 aromatic rings. The number of rotatable bonds is 8. The van der Waals surface area contributed by atoms with Crippen LogP contribution < -0.4 is 10.6 Å². The highest BCUT2D eigenvalue weighted by Crippen LogP contribution is 2.15. The van der Waals surface area contributed by atoms with Crippen LogP contribution in [0.2, 0.25) is 0 Å². The van der Waals surface area contributed by atoms with E-state index in [4.69, 9.17) is 4.42 Å². The maximum absolute atomic E-state index is 13.0. The van der Waals surface area contributed by atoms with Crippen LogP contribution in [0.25, 0.3) is 0 Å². The maximum Gasteiger partial charge on any atom is 0.287 e. The van der Waals surface area contributed by atoms with Crippen molar-refractivity contribution in [3.8, 4) is 0 Å². The minimum absolute atomic E-state index is 0.174. The lowest BCUT2D eigenvalue weighted by molar-refractivity contribution is -0.123. The van der Waals surface area contributed by atoms with E-state index in [-0.39, 0.29) is 17.7 Å². The Balaban J connectivity index is 1.72. The molecule has 0 bridgehead atoms. The molecule has 0 fully saturated rings. The molecule has 1 aromatic heterocycles. The second-order valence-electron chi connectivity index (χ2n) is 7.02. The number of benzene rings is 2. The zero-order valence-corrected chi connectivity index (χ0v) is 16.7. The van der Waals surface area contributed by atoms with Crippen LogP contribution in [0.1, 0.15) is 47.1 Å². The van der Waals surface area contributed by atoms with Gasteiger partial charge in [-0.15, -0.1) is 0 Å². The number of hydrogen-bond acceptors (Lipinski definition) is 3. The Morgan fingerprint density at radius 2 is 1.62 bits per heavy atom. The van der Waals surface area contributed by atoms with Crippen molar-refractivity contribution in [2.45, 2.75) is 38.8 Å². The third-order valence-electron chi connectivity index (χ3n) is 4.90. The minimum Gasteiger partial charge on any atom is -0.459 e. The van der Waals surface area contributed by atoms with Crippen molar-refractivity contribution in [1.29, 1.82) is 0 Å². The van der Waals surface area contributed by atoms with Crippen molar-refractivity contribution in [3.05, 3.63) is 95.4 Å². The highest BCUT2D eigenvalue weighted by molar-refractivity contribution is 5.95. The molecule has 2 amide bonds. The van der Waals surface area contributed by atoms with Gasteiger partial charge in [0, 0.05) is 6.42 Å². The molecular formula is C24H26N2O3. The number of carbonyl (C=O) groups excluding carboxylic acids is 2. The Labute approximate surface area is 171 Å². The van der Waals surface area contributed by atoms with Crippen molar-refractivity contribution >= 4 is 11.8 Å². The number of amides is 2. The summed E-state index contributed by atoms with van der Waals surface area (Å²) in [6, 6.07) is 20.1. The minimum atomic E-state index is -0.715. The zero-order valence-electron chi connectivity index (χ0n) is 16.7. The molecule has 0 saturated carbocycles. The van der Waals surface area contributed by atoms with E-state index in [1.54, 1.807) is 12.1 Å². The molecule has 0 aliphatic heterocycles. The van der Waals surface area contributed by atoms with E-state index in [0.29, 0.717) is 6.42 Å². The largest absolute Gasteiger partial charge is 0.459 e. The first kappa shape index (κ1) is 20.4. The lowest BCUT2D eigenvalue weighted by atomic mass is 10.0. The van der Waals surface area contributed by atoms with E-state index in [1.807, 2.05) is 49.4 Å². The molecule has 0 saturated heterocycles. The molecule has 0 spiro atoms. The summed E-state index contributed by atoms with van der Waals surface area (Å²) in [5, 5.41) is 5.82. The SMILES string of the molecule is CCc1ccc(C(C)NC(=O)C(Cc2ccccc2)NC(=O)c2ccco2)cc1. The summed E-state index contributed by atoms with van der Waals surface area (Å²) in [7, 11) is 0. The van der Waals surface area contributed by atoms with E-state index in [1.165, 1.54) is 11.8 Å². The van der Waals surface area contributed by atoms with E-state index >= 15 is 0 Å². The van der Waals surface area contributed by atoms with Gasteiger partial charge >= 0.3 is 0 Å². The van der Waals surface area contributed by atoms with E-state index < -0.39 is 11.9 Å². The predicted octanol–water partition coefficient (Wildman–Crippen LogP) is 4.06. The lowest BCUT2D eigenvalue weighted by Gasteiger charge is -2.21. The highest BCUT2D eigenvalue weighted by Gasteiger charge is 2.24. The van der Waals surface area contributed by atoms with Crippen LogP contribution in [0.3, 0.4) is 0 Å². The molecule has 5 nitrogen and oxygen atoms in total. The maximum atomic E-state index is 13.0. The van der Waals surface area contributed by atoms with Crippen LogP contribution >= 0.6 is 0 Å². The molecule has 150 valence electrons. The van der Waals surface area contributed by atoms with Crippen molar-refractivity contribution < 1.29 is 14.0 Å². The predicted molar refractivity (Wildman–Crippen MR) is 112 cm³/mol. The standard InChI is InChI=1S/C24H26N2O3/c1-3-18-11-13-20(14-12-18)17(2)25-23(27)21(16-19-8-5-4-6-9-19)26-24(28)22-10-7-15-29-22/h4-15,17,21H,3,16H2,1-2H3,(H,25,27)(H,26,28). The van der Waals surface area contributed by atoms with Crippen molar-refractivity contribution in [2.75, 3.05) is 0 Å². The summed E-state index contributed by atoms with van der Waals surface area (Å²) in [5.41, 5.74) is 3.23. The first-order valence-electron chi connectivity index (χ1n) is 9.84. The van der Waals surface area contributed by atoms with Gasteiger partial charge in [0.25, 0.3) is 5.91 Å². The zero-order chi connectivity index (χ0) is 20.6. The summed E-state index contributed by atoms with van der Waals surface area (Å²) >= 11 is 0. The number of nitrogens with one attached hydrogen (secondary N) is 2. The summed E-state index contributed by atoms with van der Waals surface area (Å²) in [6.45, 7) is 4.04. The molecule has 0 radical (unpaired) electrons. The van der Waals surface area contributed by atoms with Gasteiger partial charge in [0.2, 0.25) is 5.91 Å². The molecule has 3 rings (SSSR count). The molecular weight excluding hydrogens is 364 g/mol. The van der Waals surface area contributed by atoms with E-state index in [9.17, 15) is 9.59 Å². The summed E-state index contributed by atoms with van der Waals surface area (Å²) < 4.78 is 5.15. The van der Waals surface area contributed by atoms with Gasteiger partial charge < -0.3 is 15.1 Å². The van der Waals surface area contributed by atoms with Gasteiger partial charge in [-0.2, -0.15) is 0 Å². The van der Waals surface area contributed by atoms with Gasteiger partial charge in [0.05, 0.1) is 12.3 Å². The molecule has 0 aliphatic carbocycles. The fourth-order valence-corrected chi connectivity index (χ4v) is 3.14. The molecule has 29 heavy (non-hydrogen) atoms. The third kappa shape index (κ3) is 5.57. The topological polar surface area (TPSA) is 71.3 Å². The van der Waals surface area contributed by atoms with Crippen molar-refractivity contribution in [3.63, 3.8) is 0 Å². The van der Waals surface area contributed by atoms with Gasteiger partial charge in [-0.1, -0.05) is 61.5 Å². The number of carbonyl (C=O) groups is 2. The third-order valence-corrected chi connectivity index (χ3v) is 4.90. The van der Waals surface area contributed by atoms with Crippen molar-refractivity contribution in [1.82, 2.24) is 10.6 Å². The Bertz CT molecular complexity index is 919. The van der Waals surface area contributed by atoms with Crippen LogP contribution in [-0.2, 0) is 17.6 Å². The molecule has 2 unspecified atom stereocenters. The average molecular weight is 390 g/mol. The van der Waals surface area contributed by atoms with Crippen LogP contribution in [0.5, 0.6) is 0 Å². The first-order chi connectivity index (χ1) is 14.1. The molecule has 2 atom stereocenters. The Kier molecular flexibility index (Phi) is 6.85. The average Bonchev–Trinajstić information content (AvgIpc) is 3.29. The van der Waals surface area contributed by atoms with Crippen LogP contribution in [0.4, 0.5) is 0 Å². The molecule has 1 heterocycles. The monoisotopic (exact) mass is 390 g/mol. The second kappa shape index (κ2) is 9.73. The molecule has 5 heteroatoms. The van der Waals surface area contributed by atoms with Crippen molar-refractivity contribution in [2.24, 2.45) is 0 Å². The van der Waals surface area contributed by atoms with Gasteiger partial charge in [-0.3, -0.25) is 9.59 Å². The quantitative estimate of drug-likeness (QED) is 0.609. The van der Waals surface area contributed by atoms with E-state index in [2.05, 4.69) is 29.7 Å². The highest BCUT2D eigenvalue weighted by atomic mass is 16.3. The Hall–Kier alpha value is -3.34. The summed E-state index contributed by atoms with van der Waals surface area (Å²) in [6.07, 6.45) is 2.79. The second-order valence-corrected chi connectivity index (χ2v) is 7.02. The molecule has 2 aromatic carbocycles. The van der Waals surface area contributed by atoms with Gasteiger partial charge in [0.1, 0.15) is 6.04 Å². The lowest BCUT2D eigenvalue weighted by Crippen LogP contribution is -2.48. The Morgan fingerprint density at radius 3 is 2.24 bits per heavy atom. The fourth-order valence-electron chi connectivity index (χ4n) is 3.14. The fraction of sp³-hybridized carbons (Fsp3) is 0.250. The number of furan rings is 1.